The van der Waals surface area contributed by atoms with Gasteiger partial charge in [-0.05, 0) is 41.7 Å². The average Bonchev–Trinajstić information content (AvgIpc) is 3.20. The summed E-state index contributed by atoms with van der Waals surface area (Å²) in [7, 11) is -2.26. The van der Waals surface area contributed by atoms with Crippen LogP contribution < -0.4 is 0 Å². The summed E-state index contributed by atoms with van der Waals surface area (Å²) in [6.45, 7) is 13.7. The van der Waals surface area contributed by atoms with E-state index in [9.17, 15) is 0 Å². The van der Waals surface area contributed by atoms with E-state index >= 15 is 0 Å². The standard InChI is InChI=1S/C22H43BrSi2/c1-6-7-9-17-12-13-18(16-17)24(2,3)25(4,5)22-15-14-19-20(22)10-8-11-21(19)23/h17-22H,6-16H2,1-5H3/t17?,18?,19?,20?,21-,22?/m1/s1. The molecule has 146 valence electrons. The van der Waals surface area contributed by atoms with Crippen LogP contribution in [0.4, 0.5) is 0 Å². The topological polar surface area (TPSA) is 0 Å². The highest BCUT2D eigenvalue weighted by atomic mass is 79.9. The van der Waals surface area contributed by atoms with E-state index in [2.05, 4.69) is 49.0 Å². The number of hydrogen-bond acceptors (Lipinski definition) is 0. The van der Waals surface area contributed by atoms with Crippen LogP contribution in [0.1, 0.15) is 77.6 Å². The number of fused-ring (bicyclic) bond motifs is 1. The van der Waals surface area contributed by atoms with Crippen molar-refractivity contribution in [1.29, 1.82) is 0 Å². The summed E-state index contributed by atoms with van der Waals surface area (Å²) < 4.78 is 0. The third-order valence-electron chi connectivity index (χ3n) is 9.48. The van der Waals surface area contributed by atoms with Crippen LogP contribution in [0.2, 0.25) is 37.3 Å². The third-order valence-corrected chi connectivity index (χ3v) is 31.4. The van der Waals surface area contributed by atoms with Crippen LogP contribution in [0.5, 0.6) is 0 Å². The molecule has 0 radical (unpaired) electrons. The molecule has 0 spiro atoms. The van der Waals surface area contributed by atoms with E-state index in [4.69, 9.17) is 0 Å². The lowest BCUT2D eigenvalue weighted by Gasteiger charge is -2.50. The molecule has 6 atom stereocenters. The molecule has 0 aliphatic heterocycles. The van der Waals surface area contributed by atoms with Crippen molar-refractivity contribution < 1.29 is 0 Å². The average molecular weight is 444 g/mol. The summed E-state index contributed by atoms with van der Waals surface area (Å²) in [5.41, 5.74) is 2.30. The van der Waals surface area contributed by atoms with Gasteiger partial charge in [-0.2, -0.15) is 0 Å². The molecule has 0 heterocycles. The van der Waals surface area contributed by atoms with Crippen molar-refractivity contribution in [3.8, 4) is 0 Å². The molecule has 0 saturated heterocycles. The molecule has 3 aliphatic carbocycles. The zero-order chi connectivity index (χ0) is 18.2. The van der Waals surface area contributed by atoms with E-state index in [0.717, 1.165) is 33.7 Å². The van der Waals surface area contributed by atoms with E-state index in [1.54, 1.807) is 32.1 Å². The number of unbranched alkanes of at least 4 members (excludes halogenated alkanes) is 1. The predicted molar refractivity (Wildman–Crippen MR) is 122 cm³/mol. The first-order valence-corrected chi connectivity index (χ1v) is 19.5. The van der Waals surface area contributed by atoms with Gasteiger partial charge in [0.1, 0.15) is 0 Å². The maximum absolute atomic E-state index is 4.06. The first-order chi connectivity index (χ1) is 11.8. The quantitative estimate of drug-likeness (QED) is 0.287. The highest BCUT2D eigenvalue weighted by Crippen LogP contribution is 2.58. The van der Waals surface area contributed by atoms with Crippen LogP contribution in [0.15, 0.2) is 0 Å². The molecule has 5 unspecified atom stereocenters. The van der Waals surface area contributed by atoms with Gasteiger partial charge < -0.3 is 0 Å². The van der Waals surface area contributed by atoms with Crippen molar-refractivity contribution >= 4 is 31.1 Å². The van der Waals surface area contributed by atoms with Crippen LogP contribution in [0.3, 0.4) is 0 Å². The van der Waals surface area contributed by atoms with E-state index in [1.807, 2.05) is 0 Å². The highest BCUT2D eigenvalue weighted by molar-refractivity contribution is 9.09. The molecule has 3 rings (SSSR count). The fourth-order valence-electron chi connectivity index (χ4n) is 7.11. The number of halogens is 1. The molecule has 3 saturated carbocycles. The minimum atomic E-state index is -1.14. The molecule has 3 heteroatoms. The third kappa shape index (κ3) is 3.90. The molecular weight excluding hydrogens is 400 g/mol. The minimum absolute atomic E-state index is 0.843. The smallest absolute Gasteiger partial charge is 0.0448 e. The summed E-state index contributed by atoms with van der Waals surface area (Å²) in [4.78, 5) is 0.843. The molecule has 0 bridgehead atoms. The molecule has 0 aromatic carbocycles. The number of rotatable bonds is 6. The van der Waals surface area contributed by atoms with Gasteiger partial charge >= 0.3 is 0 Å². The first-order valence-electron chi connectivity index (χ1n) is 11.4. The second-order valence-corrected chi connectivity index (χ2v) is 28.3. The molecule has 25 heavy (non-hydrogen) atoms. The van der Waals surface area contributed by atoms with Gasteiger partial charge in [-0.1, -0.05) is 107 Å². The van der Waals surface area contributed by atoms with Gasteiger partial charge in [0.05, 0.1) is 0 Å². The summed E-state index contributed by atoms with van der Waals surface area (Å²) >= 11 is 4.06. The summed E-state index contributed by atoms with van der Waals surface area (Å²) in [5.74, 6) is 3.19. The van der Waals surface area contributed by atoms with Gasteiger partial charge in [-0.3, -0.25) is 0 Å². The fraction of sp³-hybridized carbons (Fsp3) is 1.00. The van der Waals surface area contributed by atoms with E-state index in [1.165, 1.54) is 38.5 Å². The zero-order valence-corrected chi connectivity index (χ0v) is 21.2. The molecule has 0 N–H and O–H groups in total. The molecule has 0 aromatic heterocycles. The van der Waals surface area contributed by atoms with Crippen molar-refractivity contribution in [1.82, 2.24) is 0 Å². The minimum Gasteiger partial charge on any atom is -0.0888 e. The van der Waals surface area contributed by atoms with Gasteiger partial charge in [-0.15, -0.1) is 0 Å². The lowest BCUT2D eigenvalue weighted by atomic mass is 9.81. The van der Waals surface area contributed by atoms with Crippen molar-refractivity contribution in [3.05, 3.63) is 0 Å². The Balaban J connectivity index is 1.70. The van der Waals surface area contributed by atoms with Crippen LogP contribution in [0, 0.1) is 17.8 Å². The second kappa shape index (κ2) is 8.11. The Morgan fingerprint density at radius 2 is 1.60 bits per heavy atom. The Bertz CT molecular complexity index is 447. The molecule has 3 aliphatic rings. The molecule has 3 fully saturated rings. The van der Waals surface area contributed by atoms with E-state index < -0.39 is 15.2 Å². The van der Waals surface area contributed by atoms with Gasteiger partial charge in [0.25, 0.3) is 0 Å². The summed E-state index contributed by atoms with van der Waals surface area (Å²) in [6, 6.07) is 0. The normalized spacial score (nSPS) is 39.6. The first kappa shape index (κ1) is 20.6. The predicted octanol–water partition coefficient (Wildman–Crippen LogP) is 8.19. The largest absolute Gasteiger partial charge is 0.0888 e. The Morgan fingerprint density at radius 1 is 0.840 bits per heavy atom. The zero-order valence-electron chi connectivity index (χ0n) is 17.6. The lowest BCUT2D eigenvalue weighted by molar-refractivity contribution is 0.288. The highest BCUT2D eigenvalue weighted by Gasteiger charge is 2.56. The number of hydrogen-bond donors (Lipinski definition) is 0. The molecule has 0 nitrogen and oxygen atoms in total. The van der Waals surface area contributed by atoms with Crippen molar-refractivity contribution in [2.75, 3.05) is 0 Å². The summed E-state index contributed by atoms with van der Waals surface area (Å²) in [5, 5.41) is 0. The van der Waals surface area contributed by atoms with Crippen LogP contribution in [0.25, 0.3) is 0 Å². The van der Waals surface area contributed by atoms with E-state index in [0.29, 0.717) is 0 Å². The molecular formula is C22H43BrSi2. The summed E-state index contributed by atoms with van der Waals surface area (Å²) in [6.07, 6.45) is 16.8. The number of alkyl halides is 1. The monoisotopic (exact) mass is 442 g/mol. The van der Waals surface area contributed by atoms with Crippen LogP contribution in [-0.2, 0) is 0 Å². The Morgan fingerprint density at radius 3 is 2.32 bits per heavy atom. The SMILES string of the molecule is CCCCC1CCC([Si](C)(C)[Si](C)(C)C2CCC3C2CCC[C@H]3Br)C1. The van der Waals surface area contributed by atoms with Gasteiger partial charge in [0.15, 0.2) is 0 Å². The maximum Gasteiger partial charge on any atom is 0.0448 e. The maximum atomic E-state index is 4.06. The van der Waals surface area contributed by atoms with Gasteiger partial charge in [0.2, 0.25) is 0 Å². The van der Waals surface area contributed by atoms with Gasteiger partial charge in [0, 0.05) is 20.0 Å². The Kier molecular flexibility index (Phi) is 6.70. The molecule has 0 aromatic rings. The second-order valence-electron chi connectivity index (χ2n) is 10.9. The van der Waals surface area contributed by atoms with Crippen LogP contribution in [-0.4, -0.2) is 20.0 Å². The Labute approximate surface area is 168 Å². The van der Waals surface area contributed by atoms with Crippen molar-refractivity contribution in [2.24, 2.45) is 17.8 Å². The van der Waals surface area contributed by atoms with Crippen molar-refractivity contribution in [2.45, 2.75) is 120 Å². The van der Waals surface area contributed by atoms with E-state index in [-0.39, 0.29) is 0 Å². The fourth-order valence-corrected chi connectivity index (χ4v) is 22.2. The Hall–Kier alpha value is 0.914. The lowest BCUT2D eigenvalue weighted by Crippen LogP contribution is -2.61. The van der Waals surface area contributed by atoms with Gasteiger partial charge in [-0.25, -0.2) is 0 Å². The van der Waals surface area contributed by atoms with Crippen molar-refractivity contribution in [3.63, 3.8) is 0 Å². The van der Waals surface area contributed by atoms with Crippen LogP contribution >= 0.6 is 15.9 Å². The molecule has 0 amide bonds.